The Labute approximate surface area is 169 Å². The summed E-state index contributed by atoms with van der Waals surface area (Å²) < 4.78 is 5.27. The summed E-state index contributed by atoms with van der Waals surface area (Å²) in [5, 5.41) is 11.1. The van der Waals surface area contributed by atoms with Crippen LogP contribution in [0.5, 0.6) is 0 Å². The number of carbonyl (C=O) groups is 2. The number of esters is 1. The van der Waals surface area contributed by atoms with Crippen molar-refractivity contribution in [3.8, 4) is 0 Å². The number of aliphatic hydroxyl groups is 1. The Kier molecular flexibility index (Phi) is 4.96. The molecule has 0 unspecified atom stereocenters. The number of carbonyl (C=O) groups excluding carboxylic acids is 2. The predicted molar refractivity (Wildman–Crippen MR) is 107 cm³/mol. The predicted octanol–water partition coefficient (Wildman–Crippen LogP) is 4.53. The molecule has 0 saturated heterocycles. The second kappa shape index (κ2) is 6.82. The van der Waals surface area contributed by atoms with Crippen LogP contribution in [0.15, 0.2) is 0 Å². The summed E-state index contributed by atoms with van der Waals surface area (Å²) in [6.45, 7) is 9.00. The smallest absolute Gasteiger partial charge is 0.306 e. The van der Waals surface area contributed by atoms with E-state index in [1.54, 1.807) is 0 Å². The highest BCUT2D eigenvalue weighted by atomic mass is 16.5. The molecule has 4 fully saturated rings. The largest absolute Gasteiger partial charge is 0.466 e. The number of Topliss-reactive ketones (excluding diaryl/α,β-unsaturated/α-hetero) is 1. The van der Waals surface area contributed by atoms with Crippen molar-refractivity contribution >= 4 is 11.8 Å². The van der Waals surface area contributed by atoms with E-state index in [0.29, 0.717) is 55.3 Å². The Balaban J connectivity index is 1.65. The van der Waals surface area contributed by atoms with Gasteiger partial charge in [0.25, 0.3) is 0 Å². The van der Waals surface area contributed by atoms with E-state index in [1.165, 1.54) is 6.42 Å². The Hall–Kier alpha value is -0.900. The average molecular weight is 391 g/mol. The quantitative estimate of drug-likeness (QED) is 0.719. The van der Waals surface area contributed by atoms with Gasteiger partial charge in [-0.25, -0.2) is 0 Å². The van der Waals surface area contributed by atoms with Crippen LogP contribution < -0.4 is 0 Å². The molecular formula is C24H38O4. The zero-order valence-corrected chi connectivity index (χ0v) is 18.1. The monoisotopic (exact) mass is 390 g/mol. The fraction of sp³-hybridized carbons (Fsp3) is 0.917. The van der Waals surface area contributed by atoms with E-state index < -0.39 is 5.60 Å². The van der Waals surface area contributed by atoms with Crippen LogP contribution in [0.4, 0.5) is 0 Å². The zero-order chi connectivity index (χ0) is 20.3. The lowest BCUT2D eigenvalue weighted by Gasteiger charge is -2.63. The minimum atomic E-state index is -0.562. The number of ether oxygens (including phenoxy) is 1. The molecule has 0 aromatic rings. The molecule has 4 heteroatoms. The van der Waals surface area contributed by atoms with E-state index in [0.717, 1.165) is 32.1 Å². The summed E-state index contributed by atoms with van der Waals surface area (Å²) in [4.78, 5) is 24.9. The lowest BCUT2D eigenvalue weighted by atomic mass is 9.42. The third-order valence-corrected chi connectivity index (χ3v) is 10.1. The molecule has 0 bridgehead atoms. The third kappa shape index (κ3) is 2.80. The summed E-state index contributed by atoms with van der Waals surface area (Å²) >= 11 is 0. The van der Waals surface area contributed by atoms with Crippen LogP contribution in [0.3, 0.4) is 0 Å². The van der Waals surface area contributed by atoms with Crippen LogP contribution in [0, 0.1) is 40.4 Å². The maximum Gasteiger partial charge on any atom is 0.306 e. The van der Waals surface area contributed by atoms with Gasteiger partial charge in [0.2, 0.25) is 0 Å². The topological polar surface area (TPSA) is 63.6 Å². The van der Waals surface area contributed by atoms with E-state index in [2.05, 4.69) is 13.8 Å². The van der Waals surface area contributed by atoms with E-state index in [1.807, 2.05) is 13.8 Å². The van der Waals surface area contributed by atoms with E-state index in [-0.39, 0.29) is 22.7 Å². The number of ketones is 1. The molecule has 8 atom stereocenters. The Bertz CT molecular complexity index is 655. The summed E-state index contributed by atoms with van der Waals surface area (Å²) in [5.74, 6) is 2.45. The fourth-order valence-electron chi connectivity index (χ4n) is 8.24. The lowest BCUT2D eigenvalue weighted by molar-refractivity contribution is -0.172. The normalized spacial score (nSPS) is 50.5. The maximum atomic E-state index is 12.5. The molecule has 4 rings (SSSR count). The minimum Gasteiger partial charge on any atom is -0.466 e. The van der Waals surface area contributed by atoms with E-state index >= 15 is 0 Å². The van der Waals surface area contributed by atoms with E-state index in [9.17, 15) is 14.7 Å². The SMILES string of the molecule is CCOC(=O)C[C@H]1CC(=O)C[C@H]2CC[C@@H]3[C@H](CC[C@@]4(C)[C@H]3CC[C@]4(C)O)[C@]21C. The highest BCUT2D eigenvalue weighted by Gasteiger charge is 2.64. The van der Waals surface area contributed by atoms with Crippen LogP contribution in [0.25, 0.3) is 0 Å². The van der Waals surface area contributed by atoms with Crippen molar-refractivity contribution in [2.45, 2.75) is 91.1 Å². The summed E-state index contributed by atoms with van der Waals surface area (Å²) in [7, 11) is 0. The molecule has 0 aromatic carbocycles. The van der Waals surface area contributed by atoms with Gasteiger partial charge in [-0.1, -0.05) is 13.8 Å². The number of fused-ring (bicyclic) bond motifs is 5. The van der Waals surface area contributed by atoms with Gasteiger partial charge >= 0.3 is 5.97 Å². The first-order valence-electron chi connectivity index (χ1n) is 11.5. The van der Waals surface area contributed by atoms with Gasteiger partial charge < -0.3 is 9.84 Å². The van der Waals surface area contributed by atoms with Gasteiger partial charge in [0.15, 0.2) is 0 Å². The summed E-state index contributed by atoms with van der Waals surface area (Å²) in [6, 6.07) is 0. The second-order valence-corrected chi connectivity index (χ2v) is 10.9. The van der Waals surface area contributed by atoms with Gasteiger partial charge in [-0.3, -0.25) is 9.59 Å². The molecule has 0 aromatic heterocycles. The molecule has 0 radical (unpaired) electrons. The van der Waals surface area contributed by atoms with Crippen molar-refractivity contribution < 1.29 is 19.4 Å². The van der Waals surface area contributed by atoms with Crippen molar-refractivity contribution in [1.82, 2.24) is 0 Å². The molecule has 4 aliphatic rings. The van der Waals surface area contributed by atoms with Crippen LogP contribution in [-0.2, 0) is 14.3 Å². The molecule has 0 spiro atoms. The number of hydrogen-bond acceptors (Lipinski definition) is 4. The first kappa shape index (κ1) is 20.4. The van der Waals surface area contributed by atoms with Crippen molar-refractivity contribution in [2.75, 3.05) is 6.61 Å². The Morgan fingerprint density at radius 3 is 2.50 bits per heavy atom. The summed E-state index contributed by atoms with van der Waals surface area (Å²) in [5.41, 5.74) is -0.509. The van der Waals surface area contributed by atoms with Crippen molar-refractivity contribution in [3.63, 3.8) is 0 Å². The maximum absolute atomic E-state index is 12.5. The highest BCUT2D eigenvalue weighted by Crippen LogP contribution is 2.69. The molecule has 4 aliphatic carbocycles. The first-order chi connectivity index (χ1) is 13.1. The first-order valence-corrected chi connectivity index (χ1v) is 11.5. The summed E-state index contributed by atoms with van der Waals surface area (Å²) in [6.07, 6.45) is 8.10. The molecular weight excluding hydrogens is 352 g/mol. The Morgan fingerprint density at radius 2 is 1.79 bits per heavy atom. The number of hydrogen-bond donors (Lipinski definition) is 1. The van der Waals surface area contributed by atoms with Gasteiger partial charge in [0.1, 0.15) is 5.78 Å². The van der Waals surface area contributed by atoms with E-state index in [4.69, 9.17) is 4.74 Å². The zero-order valence-electron chi connectivity index (χ0n) is 18.1. The molecule has 0 amide bonds. The molecule has 4 nitrogen and oxygen atoms in total. The minimum absolute atomic E-state index is 0.0124. The molecule has 158 valence electrons. The molecule has 28 heavy (non-hydrogen) atoms. The fourth-order valence-corrected chi connectivity index (χ4v) is 8.24. The van der Waals surface area contributed by atoms with Crippen molar-refractivity contribution in [1.29, 1.82) is 0 Å². The van der Waals surface area contributed by atoms with Crippen LogP contribution in [0.2, 0.25) is 0 Å². The van der Waals surface area contributed by atoms with Crippen LogP contribution in [-0.4, -0.2) is 29.1 Å². The van der Waals surface area contributed by atoms with Gasteiger partial charge in [-0.15, -0.1) is 0 Å². The molecule has 4 saturated carbocycles. The van der Waals surface area contributed by atoms with Crippen LogP contribution >= 0.6 is 0 Å². The second-order valence-electron chi connectivity index (χ2n) is 10.9. The molecule has 1 N–H and O–H groups in total. The molecule has 0 heterocycles. The average Bonchev–Trinajstić information content (AvgIpc) is 2.86. The van der Waals surface area contributed by atoms with Crippen molar-refractivity contribution in [2.24, 2.45) is 40.4 Å². The highest BCUT2D eigenvalue weighted by molar-refractivity contribution is 5.81. The lowest BCUT2D eigenvalue weighted by Crippen LogP contribution is -2.58. The standard InChI is InChI=1S/C24H38O4/c1-5-28-21(26)14-16-13-17(25)12-15-6-7-18-19-9-11-23(3,27)22(19,2)10-8-20(18)24(15,16)4/h15-16,18-20,27H,5-14H2,1-4H3/t15-,16-,18+,19+,20+,22+,23+,24-/m1/s1. The number of rotatable bonds is 3. The van der Waals surface area contributed by atoms with Gasteiger partial charge in [-0.05, 0) is 92.8 Å². The Morgan fingerprint density at radius 1 is 1.07 bits per heavy atom. The van der Waals surface area contributed by atoms with Crippen molar-refractivity contribution in [3.05, 3.63) is 0 Å². The van der Waals surface area contributed by atoms with Gasteiger partial charge in [0, 0.05) is 19.3 Å². The third-order valence-electron chi connectivity index (χ3n) is 10.1. The van der Waals surface area contributed by atoms with Gasteiger partial charge in [0.05, 0.1) is 12.2 Å². The molecule has 0 aliphatic heterocycles. The van der Waals surface area contributed by atoms with Crippen LogP contribution in [0.1, 0.15) is 85.5 Å². The van der Waals surface area contributed by atoms with Gasteiger partial charge in [-0.2, -0.15) is 0 Å².